The van der Waals surface area contributed by atoms with Crippen LogP contribution in [0.2, 0.25) is 0 Å². The molecule has 2 aromatic rings. The number of nitrogens with one attached hydrogen (secondary N) is 1. The summed E-state index contributed by atoms with van der Waals surface area (Å²) in [6.45, 7) is 1.94. The van der Waals surface area contributed by atoms with Crippen LogP contribution in [0, 0.1) is 10.5 Å². The quantitative estimate of drug-likeness (QED) is 0.809. The number of hydrogen-bond donors (Lipinski definition) is 1. The maximum atomic E-state index is 13.5. The number of nitrogens with zero attached hydrogens (tertiary/aromatic N) is 1. The number of H-pyrrole nitrogens is 1. The standard InChI is InChI=1S/C10H8BrFN2S/c1-2-7-13-9-6(12)4-3-5(11)8(9)10(15)14-7/h3-4H,2H2,1H3,(H,13,14,15). The highest BCUT2D eigenvalue weighted by Crippen LogP contribution is 2.25. The lowest BCUT2D eigenvalue weighted by molar-refractivity contribution is 0.635. The SMILES string of the molecule is CCc1nc(=S)c2c(Br)ccc(F)c2[nH]1. The van der Waals surface area contributed by atoms with Gasteiger partial charge in [0.2, 0.25) is 0 Å². The number of aromatic nitrogens is 2. The van der Waals surface area contributed by atoms with Crippen molar-refractivity contribution in [1.29, 1.82) is 0 Å². The fourth-order valence-corrected chi connectivity index (χ4v) is 2.37. The molecule has 0 aliphatic heterocycles. The second kappa shape index (κ2) is 3.98. The lowest BCUT2D eigenvalue weighted by Crippen LogP contribution is -1.96. The molecule has 0 saturated heterocycles. The number of halogens is 2. The minimum atomic E-state index is -0.309. The maximum Gasteiger partial charge on any atom is 0.147 e. The number of fused-ring (bicyclic) bond motifs is 1. The van der Waals surface area contributed by atoms with Crippen molar-refractivity contribution in [3.8, 4) is 0 Å². The fraction of sp³-hybridized carbons (Fsp3) is 0.200. The van der Waals surface area contributed by atoms with E-state index < -0.39 is 0 Å². The van der Waals surface area contributed by atoms with E-state index in [0.717, 1.165) is 4.47 Å². The summed E-state index contributed by atoms with van der Waals surface area (Å²) in [5.74, 6) is 0.390. The van der Waals surface area contributed by atoms with Crippen molar-refractivity contribution >= 4 is 39.1 Å². The molecule has 0 radical (unpaired) electrons. The van der Waals surface area contributed by atoms with E-state index in [1.165, 1.54) is 6.07 Å². The van der Waals surface area contributed by atoms with Gasteiger partial charge in [-0.1, -0.05) is 19.1 Å². The minimum absolute atomic E-state index is 0.309. The molecular formula is C10H8BrFN2S. The van der Waals surface area contributed by atoms with E-state index in [-0.39, 0.29) is 5.82 Å². The largest absolute Gasteiger partial charge is 0.341 e. The van der Waals surface area contributed by atoms with Gasteiger partial charge in [-0.15, -0.1) is 0 Å². The maximum absolute atomic E-state index is 13.5. The molecule has 0 bridgehead atoms. The minimum Gasteiger partial charge on any atom is -0.341 e. The summed E-state index contributed by atoms with van der Waals surface area (Å²) in [6, 6.07) is 3.03. The Morgan fingerprint density at radius 3 is 2.93 bits per heavy atom. The van der Waals surface area contributed by atoms with Crippen molar-refractivity contribution < 1.29 is 4.39 Å². The molecule has 0 aliphatic carbocycles. The van der Waals surface area contributed by atoms with Crippen molar-refractivity contribution in [2.24, 2.45) is 0 Å². The Morgan fingerprint density at radius 2 is 2.27 bits per heavy atom. The first-order valence-corrected chi connectivity index (χ1v) is 5.70. The average Bonchev–Trinajstić information content (AvgIpc) is 2.23. The summed E-state index contributed by atoms with van der Waals surface area (Å²) in [5.41, 5.74) is 0.418. The van der Waals surface area contributed by atoms with Crippen LogP contribution in [-0.2, 0) is 6.42 Å². The first-order chi connectivity index (χ1) is 7.13. The third-order valence-corrected chi connectivity index (χ3v) is 3.11. The van der Waals surface area contributed by atoms with Crippen LogP contribution in [0.15, 0.2) is 16.6 Å². The zero-order valence-electron chi connectivity index (χ0n) is 7.97. The van der Waals surface area contributed by atoms with E-state index in [9.17, 15) is 4.39 Å². The van der Waals surface area contributed by atoms with Crippen LogP contribution >= 0.6 is 28.1 Å². The predicted octanol–water partition coefficient (Wildman–Crippen LogP) is 3.76. The molecule has 0 fully saturated rings. The Labute approximate surface area is 99.7 Å². The molecule has 0 atom stereocenters. The zero-order valence-corrected chi connectivity index (χ0v) is 10.4. The van der Waals surface area contributed by atoms with Crippen molar-refractivity contribution in [2.45, 2.75) is 13.3 Å². The molecule has 0 aliphatic rings. The highest BCUT2D eigenvalue weighted by atomic mass is 79.9. The summed E-state index contributed by atoms with van der Waals surface area (Å²) in [6.07, 6.45) is 0.700. The van der Waals surface area contributed by atoms with Gasteiger partial charge in [0.25, 0.3) is 0 Å². The molecular weight excluding hydrogens is 279 g/mol. The number of benzene rings is 1. The summed E-state index contributed by atoms with van der Waals surface area (Å²) in [5, 5.41) is 0.627. The third-order valence-electron chi connectivity index (χ3n) is 2.16. The summed E-state index contributed by atoms with van der Waals surface area (Å²) >= 11 is 8.46. The smallest absolute Gasteiger partial charge is 0.147 e. The predicted molar refractivity (Wildman–Crippen MR) is 64.0 cm³/mol. The molecule has 1 aromatic heterocycles. The van der Waals surface area contributed by atoms with Crippen LogP contribution in [-0.4, -0.2) is 9.97 Å². The Hall–Kier alpha value is -0.810. The highest BCUT2D eigenvalue weighted by Gasteiger charge is 2.08. The van der Waals surface area contributed by atoms with Crippen LogP contribution in [0.1, 0.15) is 12.7 Å². The number of rotatable bonds is 1. The Balaban J connectivity index is 2.97. The summed E-state index contributed by atoms with van der Waals surface area (Å²) < 4.78 is 14.7. The van der Waals surface area contributed by atoms with Gasteiger partial charge in [-0.3, -0.25) is 0 Å². The van der Waals surface area contributed by atoms with Crippen molar-refractivity contribution in [3.63, 3.8) is 0 Å². The van der Waals surface area contributed by atoms with Crippen molar-refractivity contribution in [3.05, 3.63) is 32.9 Å². The fourth-order valence-electron chi connectivity index (χ4n) is 1.40. The second-order valence-electron chi connectivity index (χ2n) is 3.12. The van der Waals surface area contributed by atoms with E-state index in [1.807, 2.05) is 6.92 Å². The lowest BCUT2D eigenvalue weighted by Gasteiger charge is -2.04. The molecule has 0 unspecified atom stereocenters. The van der Waals surface area contributed by atoms with Crippen LogP contribution in [0.25, 0.3) is 10.9 Å². The van der Waals surface area contributed by atoms with Gasteiger partial charge in [0, 0.05) is 10.9 Å². The molecule has 2 nitrogen and oxygen atoms in total. The van der Waals surface area contributed by atoms with Gasteiger partial charge >= 0.3 is 0 Å². The topological polar surface area (TPSA) is 28.7 Å². The van der Waals surface area contributed by atoms with Gasteiger partial charge in [0.15, 0.2) is 0 Å². The van der Waals surface area contributed by atoms with E-state index >= 15 is 0 Å². The van der Waals surface area contributed by atoms with Crippen LogP contribution in [0.3, 0.4) is 0 Å². The first-order valence-electron chi connectivity index (χ1n) is 4.50. The second-order valence-corrected chi connectivity index (χ2v) is 4.36. The van der Waals surface area contributed by atoms with Crippen molar-refractivity contribution in [2.75, 3.05) is 0 Å². The van der Waals surface area contributed by atoms with E-state index in [0.29, 0.717) is 27.8 Å². The monoisotopic (exact) mass is 286 g/mol. The molecule has 0 amide bonds. The number of aryl methyl sites for hydroxylation is 1. The van der Waals surface area contributed by atoms with Crippen LogP contribution in [0.5, 0.6) is 0 Å². The molecule has 1 aromatic carbocycles. The van der Waals surface area contributed by atoms with Crippen LogP contribution in [0.4, 0.5) is 4.39 Å². The zero-order chi connectivity index (χ0) is 11.0. The van der Waals surface area contributed by atoms with E-state index in [2.05, 4.69) is 25.9 Å². The first kappa shape index (κ1) is 10.7. The molecule has 0 spiro atoms. The summed E-state index contributed by atoms with van der Waals surface area (Å²) in [7, 11) is 0. The molecule has 0 saturated carbocycles. The molecule has 1 N–H and O–H groups in total. The molecule has 15 heavy (non-hydrogen) atoms. The number of aromatic amines is 1. The molecule has 78 valence electrons. The highest BCUT2D eigenvalue weighted by molar-refractivity contribution is 9.10. The molecule has 5 heteroatoms. The van der Waals surface area contributed by atoms with E-state index in [4.69, 9.17) is 12.2 Å². The summed E-state index contributed by atoms with van der Waals surface area (Å²) in [4.78, 5) is 7.13. The van der Waals surface area contributed by atoms with Gasteiger partial charge in [0.1, 0.15) is 16.3 Å². The third kappa shape index (κ3) is 1.81. The van der Waals surface area contributed by atoms with E-state index in [1.54, 1.807) is 6.07 Å². The Kier molecular flexibility index (Phi) is 2.84. The average molecular weight is 287 g/mol. The van der Waals surface area contributed by atoms with Crippen molar-refractivity contribution in [1.82, 2.24) is 9.97 Å². The molecule has 2 rings (SSSR count). The van der Waals surface area contributed by atoms with Gasteiger partial charge in [0.05, 0.1) is 10.9 Å². The van der Waals surface area contributed by atoms with Gasteiger partial charge in [-0.2, -0.15) is 0 Å². The number of hydrogen-bond acceptors (Lipinski definition) is 2. The normalized spacial score (nSPS) is 10.9. The Bertz CT molecular complexity index is 579. The lowest BCUT2D eigenvalue weighted by atomic mass is 10.2. The van der Waals surface area contributed by atoms with Gasteiger partial charge in [-0.05, 0) is 28.1 Å². The van der Waals surface area contributed by atoms with Gasteiger partial charge in [-0.25, -0.2) is 9.37 Å². The molecule has 1 heterocycles. The van der Waals surface area contributed by atoms with Gasteiger partial charge < -0.3 is 4.98 Å². The Morgan fingerprint density at radius 1 is 1.53 bits per heavy atom. The van der Waals surface area contributed by atoms with Crippen LogP contribution < -0.4 is 0 Å².